The quantitative estimate of drug-likeness (QED) is 0.560. The molecular weight excluding hydrogens is 256 g/mol. The number of hydrogen-bond acceptors (Lipinski definition) is 5. The van der Waals surface area contributed by atoms with Gasteiger partial charge in [0.05, 0.1) is 0 Å². The Morgan fingerprint density at radius 2 is 1.84 bits per heavy atom. The summed E-state index contributed by atoms with van der Waals surface area (Å²) >= 11 is 1.57. The van der Waals surface area contributed by atoms with Crippen LogP contribution in [0.2, 0.25) is 0 Å². The molecule has 1 aromatic rings. The fourth-order valence-corrected chi connectivity index (χ4v) is 2.15. The molecular formula is C14H26N4S. The molecule has 0 saturated carbocycles. The van der Waals surface area contributed by atoms with E-state index in [-0.39, 0.29) is 0 Å². The molecule has 0 aliphatic carbocycles. The van der Waals surface area contributed by atoms with E-state index in [1.807, 2.05) is 12.3 Å². The van der Waals surface area contributed by atoms with Crippen LogP contribution in [0.1, 0.15) is 40.5 Å². The van der Waals surface area contributed by atoms with Crippen LogP contribution in [0.15, 0.2) is 11.2 Å². The highest BCUT2D eigenvalue weighted by atomic mass is 32.2. The van der Waals surface area contributed by atoms with Crippen molar-refractivity contribution in [2.75, 3.05) is 23.4 Å². The summed E-state index contributed by atoms with van der Waals surface area (Å²) in [5.74, 6) is 2.54. The second-order valence-electron chi connectivity index (χ2n) is 5.17. The molecule has 0 aliphatic rings. The van der Waals surface area contributed by atoms with Crippen molar-refractivity contribution in [2.24, 2.45) is 5.92 Å². The van der Waals surface area contributed by atoms with Gasteiger partial charge >= 0.3 is 0 Å². The molecule has 1 rings (SSSR count). The summed E-state index contributed by atoms with van der Waals surface area (Å²) in [4.78, 5) is 8.93. The highest BCUT2D eigenvalue weighted by molar-refractivity contribution is 7.98. The monoisotopic (exact) mass is 282 g/mol. The molecule has 5 heteroatoms. The van der Waals surface area contributed by atoms with Crippen LogP contribution < -0.4 is 10.6 Å². The van der Waals surface area contributed by atoms with Crippen LogP contribution in [0, 0.1) is 5.92 Å². The molecule has 0 bridgehead atoms. The molecule has 19 heavy (non-hydrogen) atoms. The van der Waals surface area contributed by atoms with E-state index in [1.54, 1.807) is 11.8 Å². The van der Waals surface area contributed by atoms with Crippen molar-refractivity contribution in [3.63, 3.8) is 0 Å². The van der Waals surface area contributed by atoms with E-state index in [4.69, 9.17) is 0 Å². The van der Waals surface area contributed by atoms with E-state index in [0.717, 1.165) is 35.7 Å². The highest BCUT2D eigenvalue weighted by Gasteiger charge is 2.07. The Morgan fingerprint density at radius 3 is 2.42 bits per heavy atom. The van der Waals surface area contributed by atoms with E-state index in [9.17, 15) is 0 Å². The normalized spacial score (nSPS) is 12.5. The van der Waals surface area contributed by atoms with Gasteiger partial charge in [0.1, 0.15) is 11.6 Å². The maximum atomic E-state index is 4.50. The van der Waals surface area contributed by atoms with E-state index in [1.165, 1.54) is 6.42 Å². The van der Waals surface area contributed by atoms with Crippen molar-refractivity contribution in [2.45, 2.75) is 51.7 Å². The minimum Gasteiger partial charge on any atom is -0.370 e. The first-order valence-corrected chi connectivity index (χ1v) is 8.21. The Kier molecular flexibility index (Phi) is 6.99. The first kappa shape index (κ1) is 16.1. The maximum absolute atomic E-state index is 4.50. The number of nitrogens with zero attached hydrogens (tertiary/aromatic N) is 2. The van der Waals surface area contributed by atoms with Gasteiger partial charge in [0.15, 0.2) is 5.16 Å². The zero-order valence-electron chi connectivity index (χ0n) is 12.7. The fourth-order valence-electron chi connectivity index (χ4n) is 1.77. The molecule has 1 atom stereocenters. The Morgan fingerprint density at radius 1 is 1.16 bits per heavy atom. The lowest BCUT2D eigenvalue weighted by atomic mass is 10.0. The number of hydrogen-bond donors (Lipinski definition) is 2. The van der Waals surface area contributed by atoms with E-state index < -0.39 is 0 Å². The third-order valence-electron chi connectivity index (χ3n) is 2.82. The number of rotatable bonds is 8. The molecule has 4 nitrogen and oxygen atoms in total. The summed E-state index contributed by atoms with van der Waals surface area (Å²) in [5.41, 5.74) is 0. The first-order valence-electron chi connectivity index (χ1n) is 6.98. The van der Waals surface area contributed by atoms with Crippen molar-refractivity contribution < 1.29 is 0 Å². The van der Waals surface area contributed by atoms with E-state index in [0.29, 0.717) is 6.04 Å². The van der Waals surface area contributed by atoms with Crippen LogP contribution in [0.25, 0.3) is 0 Å². The SMILES string of the molecule is CCNc1cc(NC(C)CCC(C)C)nc(SC)n1. The Balaban J connectivity index is 2.67. The lowest BCUT2D eigenvalue weighted by Crippen LogP contribution is -2.17. The summed E-state index contributed by atoms with van der Waals surface area (Å²) < 4.78 is 0. The molecule has 0 saturated heterocycles. The lowest BCUT2D eigenvalue weighted by molar-refractivity contribution is 0.527. The van der Waals surface area contributed by atoms with Crippen LogP contribution in [-0.2, 0) is 0 Å². The number of anilines is 2. The van der Waals surface area contributed by atoms with Gasteiger partial charge in [-0.1, -0.05) is 25.6 Å². The largest absolute Gasteiger partial charge is 0.370 e. The van der Waals surface area contributed by atoms with Gasteiger partial charge in [0, 0.05) is 18.7 Å². The summed E-state index contributed by atoms with van der Waals surface area (Å²) in [6, 6.07) is 2.41. The van der Waals surface area contributed by atoms with Crippen molar-refractivity contribution >= 4 is 23.4 Å². The zero-order chi connectivity index (χ0) is 14.3. The lowest BCUT2D eigenvalue weighted by Gasteiger charge is -2.16. The second-order valence-corrected chi connectivity index (χ2v) is 5.95. The number of thioether (sulfide) groups is 1. The van der Waals surface area contributed by atoms with Crippen LogP contribution in [0.3, 0.4) is 0 Å². The Hall–Kier alpha value is -0.970. The van der Waals surface area contributed by atoms with Gasteiger partial charge in [-0.15, -0.1) is 0 Å². The van der Waals surface area contributed by atoms with E-state index >= 15 is 0 Å². The first-order chi connectivity index (χ1) is 9.05. The second kappa shape index (κ2) is 8.25. The van der Waals surface area contributed by atoms with Crippen molar-refractivity contribution in [3.05, 3.63) is 6.07 Å². The molecule has 0 aromatic carbocycles. The summed E-state index contributed by atoms with van der Waals surface area (Å²) in [7, 11) is 0. The molecule has 108 valence electrons. The maximum Gasteiger partial charge on any atom is 0.191 e. The summed E-state index contributed by atoms with van der Waals surface area (Å²) in [6.45, 7) is 9.65. The number of aromatic nitrogens is 2. The van der Waals surface area contributed by atoms with Gasteiger partial charge in [-0.25, -0.2) is 9.97 Å². The predicted octanol–water partition coefficient (Wildman–Crippen LogP) is 3.87. The highest BCUT2D eigenvalue weighted by Crippen LogP contribution is 2.19. The molecule has 1 heterocycles. The average Bonchev–Trinajstić information content (AvgIpc) is 2.36. The molecule has 2 N–H and O–H groups in total. The van der Waals surface area contributed by atoms with Crippen LogP contribution in [-0.4, -0.2) is 28.8 Å². The minimum atomic E-state index is 0.432. The summed E-state index contributed by atoms with van der Waals surface area (Å²) in [6.07, 6.45) is 4.39. The Labute approximate surface area is 121 Å². The summed E-state index contributed by atoms with van der Waals surface area (Å²) in [5, 5.41) is 7.51. The smallest absolute Gasteiger partial charge is 0.191 e. The molecule has 1 aromatic heterocycles. The third-order valence-corrected chi connectivity index (χ3v) is 3.37. The molecule has 0 amide bonds. The molecule has 0 aliphatic heterocycles. The standard InChI is InChI=1S/C14H26N4S/c1-6-15-12-9-13(18-14(17-12)19-5)16-11(4)8-7-10(2)3/h9-11H,6-8H2,1-5H3,(H2,15,16,17,18). The van der Waals surface area contributed by atoms with Gasteiger partial charge < -0.3 is 10.6 Å². The van der Waals surface area contributed by atoms with Gasteiger partial charge in [-0.3, -0.25) is 0 Å². The van der Waals surface area contributed by atoms with Crippen LogP contribution in [0.5, 0.6) is 0 Å². The van der Waals surface area contributed by atoms with Gasteiger partial charge in [-0.2, -0.15) is 0 Å². The molecule has 1 unspecified atom stereocenters. The Bertz CT molecular complexity index is 382. The van der Waals surface area contributed by atoms with Gasteiger partial charge in [0.2, 0.25) is 0 Å². The minimum absolute atomic E-state index is 0.432. The van der Waals surface area contributed by atoms with E-state index in [2.05, 4.69) is 48.3 Å². The molecule has 0 fully saturated rings. The third kappa shape index (κ3) is 6.14. The predicted molar refractivity (Wildman–Crippen MR) is 85.1 cm³/mol. The van der Waals surface area contributed by atoms with Crippen molar-refractivity contribution in [1.82, 2.24) is 9.97 Å². The van der Waals surface area contributed by atoms with Crippen LogP contribution >= 0.6 is 11.8 Å². The molecule has 0 spiro atoms. The van der Waals surface area contributed by atoms with Crippen molar-refractivity contribution in [3.8, 4) is 0 Å². The number of nitrogens with one attached hydrogen (secondary N) is 2. The van der Waals surface area contributed by atoms with Gasteiger partial charge in [0.25, 0.3) is 0 Å². The van der Waals surface area contributed by atoms with Crippen molar-refractivity contribution in [1.29, 1.82) is 0 Å². The van der Waals surface area contributed by atoms with Gasteiger partial charge in [-0.05, 0) is 38.9 Å². The average molecular weight is 282 g/mol. The van der Waals surface area contributed by atoms with Crippen LogP contribution in [0.4, 0.5) is 11.6 Å². The zero-order valence-corrected chi connectivity index (χ0v) is 13.5. The topological polar surface area (TPSA) is 49.8 Å². The fraction of sp³-hybridized carbons (Fsp3) is 0.714. The molecule has 0 radical (unpaired) electrons.